The normalized spacial score (nSPS) is 13.2. The Hall–Kier alpha value is -1.36. The molecule has 3 nitrogen and oxygen atoms in total. The molecule has 0 saturated carbocycles. The quantitative estimate of drug-likeness (QED) is 0.893. The topological polar surface area (TPSA) is 41.1 Å². The van der Waals surface area contributed by atoms with E-state index in [1.165, 1.54) is 11.1 Å². The van der Waals surface area contributed by atoms with Gasteiger partial charge in [0.2, 0.25) is 0 Å². The van der Waals surface area contributed by atoms with Crippen molar-refractivity contribution in [2.45, 2.75) is 19.9 Å². The van der Waals surface area contributed by atoms with Gasteiger partial charge in [0.1, 0.15) is 0 Å². The number of amides is 1. The lowest BCUT2D eigenvalue weighted by atomic mass is 10.0. The van der Waals surface area contributed by atoms with Crippen LogP contribution < -0.4 is 10.6 Å². The Kier molecular flexibility index (Phi) is 4.81. The minimum Gasteiger partial charge on any atom is -0.322 e. The van der Waals surface area contributed by atoms with Crippen molar-refractivity contribution in [3.8, 4) is 0 Å². The van der Waals surface area contributed by atoms with Gasteiger partial charge in [-0.2, -0.15) is 11.3 Å². The molecule has 0 saturated heterocycles. The van der Waals surface area contributed by atoms with Crippen molar-refractivity contribution in [3.05, 3.63) is 51.2 Å². The van der Waals surface area contributed by atoms with Gasteiger partial charge in [0.15, 0.2) is 0 Å². The number of benzene rings is 1. The van der Waals surface area contributed by atoms with Gasteiger partial charge in [-0.25, -0.2) is 0 Å². The summed E-state index contributed by atoms with van der Waals surface area (Å²) in [4.78, 5) is 12.1. The minimum absolute atomic E-state index is 0. The second-order valence-corrected chi connectivity index (χ2v) is 5.58. The molecule has 1 aromatic heterocycles. The number of aryl methyl sites for hydroxylation is 1. The highest BCUT2D eigenvalue weighted by atomic mass is 35.5. The van der Waals surface area contributed by atoms with E-state index in [1.54, 1.807) is 11.3 Å². The molecular formula is C15H17ClN2OS. The molecule has 2 heterocycles. The second-order valence-electron chi connectivity index (χ2n) is 4.83. The molecule has 0 radical (unpaired) electrons. The molecule has 20 heavy (non-hydrogen) atoms. The highest BCUT2D eigenvalue weighted by Crippen LogP contribution is 2.21. The SMILES string of the molecule is Cc1cscc1C(=O)Nc1ccc2c(c1)CNCC2.Cl. The summed E-state index contributed by atoms with van der Waals surface area (Å²) in [6.07, 6.45) is 1.06. The molecule has 3 rings (SSSR count). The van der Waals surface area contributed by atoms with E-state index in [4.69, 9.17) is 0 Å². The molecule has 0 fully saturated rings. The molecule has 0 spiro atoms. The predicted octanol–water partition coefficient (Wildman–Crippen LogP) is 3.38. The zero-order valence-electron chi connectivity index (χ0n) is 11.2. The fraction of sp³-hybridized carbons (Fsp3) is 0.267. The van der Waals surface area contributed by atoms with Gasteiger partial charge in [0.05, 0.1) is 5.56 Å². The molecule has 0 aliphatic carbocycles. The molecule has 5 heteroatoms. The summed E-state index contributed by atoms with van der Waals surface area (Å²) in [5.41, 5.74) is 5.33. The molecule has 2 aromatic rings. The van der Waals surface area contributed by atoms with Crippen molar-refractivity contribution in [2.75, 3.05) is 11.9 Å². The van der Waals surface area contributed by atoms with Crippen LogP contribution in [0.4, 0.5) is 5.69 Å². The Morgan fingerprint density at radius 3 is 2.90 bits per heavy atom. The third kappa shape index (κ3) is 3.03. The first-order chi connectivity index (χ1) is 9.24. The Bertz CT molecular complexity index is 624. The molecule has 0 unspecified atom stereocenters. The predicted molar refractivity (Wildman–Crippen MR) is 86.1 cm³/mol. The summed E-state index contributed by atoms with van der Waals surface area (Å²) in [6, 6.07) is 6.18. The van der Waals surface area contributed by atoms with Crippen LogP contribution in [0, 0.1) is 6.92 Å². The monoisotopic (exact) mass is 308 g/mol. The Morgan fingerprint density at radius 1 is 1.30 bits per heavy atom. The first-order valence-corrected chi connectivity index (χ1v) is 7.35. The first-order valence-electron chi connectivity index (χ1n) is 6.41. The summed E-state index contributed by atoms with van der Waals surface area (Å²) < 4.78 is 0. The van der Waals surface area contributed by atoms with Crippen LogP contribution in [0.15, 0.2) is 29.0 Å². The van der Waals surface area contributed by atoms with Crippen molar-refractivity contribution in [1.29, 1.82) is 0 Å². The Morgan fingerprint density at radius 2 is 2.15 bits per heavy atom. The van der Waals surface area contributed by atoms with E-state index >= 15 is 0 Å². The van der Waals surface area contributed by atoms with Gasteiger partial charge in [-0.3, -0.25) is 4.79 Å². The molecule has 2 N–H and O–H groups in total. The van der Waals surface area contributed by atoms with Crippen LogP contribution in [-0.4, -0.2) is 12.5 Å². The average molecular weight is 309 g/mol. The largest absolute Gasteiger partial charge is 0.322 e. The van der Waals surface area contributed by atoms with Gasteiger partial charge < -0.3 is 10.6 Å². The van der Waals surface area contributed by atoms with Gasteiger partial charge in [-0.05, 0) is 54.1 Å². The third-order valence-electron chi connectivity index (χ3n) is 3.45. The highest BCUT2D eigenvalue weighted by molar-refractivity contribution is 7.08. The van der Waals surface area contributed by atoms with E-state index in [0.29, 0.717) is 0 Å². The van der Waals surface area contributed by atoms with Crippen molar-refractivity contribution in [3.63, 3.8) is 0 Å². The van der Waals surface area contributed by atoms with Crippen LogP contribution in [0.25, 0.3) is 0 Å². The van der Waals surface area contributed by atoms with Crippen molar-refractivity contribution in [1.82, 2.24) is 5.32 Å². The standard InChI is InChI=1S/C15H16N2OS.ClH/c1-10-8-19-9-14(10)15(18)17-13-3-2-11-4-5-16-7-12(11)6-13;/h2-3,6,8-9,16H,4-5,7H2,1H3,(H,17,18);1H. The van der Waals surface area contributed by atoms with E-state index in [1.807, 2.05) is 23.8 Å². The maximum atomic E-state index is 12.1. The van der Waals surface area contributed by atoms with Gasteiger partial charge in [-0.1, -0.05) is 6.07 Å². The molecule has 1 aromatic carbocycles. The highest BCUT2D eigenvalue weighted by Gasteiger charge is 2.12. The lowest BCUT2D eigenvalue weighted by molar-refractivity contribution is 0.102. The zero-order valence-corrected chi connectivity index (χ0v) is 12.9. The van der Waals surface area contributed by atoms with E-state index in [2.05, 4.69) is 22.8 Å². The number of halogens is 1. The molecule has 1 aliphatic heterocycles. The molecule has 0 atom stereocenters. The summed E-state index contributed by atoms with van der Waals surface area (Å²) in [7, 11) is 0. The summed E-state index contributed by atoms with van der Waals surface area (Å²) in [5, 5.41) is 10.2. The fourth-order valence-corrected chi connectivity index (χ4v) is 3.18. The Labute approximate surface area is 128 Å². The number of anilines is 1. The van der Waals surface area contributed by atoms with Gasteiger partial charge in [0.25, 0.3) is 5.91 Å². The van der Waals surface area contributed by atoms with E-state index in [9.17, 15) is 4.79 Å². The summed E-state index contributed by atoms with van der Waals surface area (Å²) in [6.45, 7) is 3.88. The number of nitrogens with one attached hydrogen (secondary N) is 2. The van der Waals surface area contributed by atoms with Crippen LogP contribution in [0.3, 0.4) is 0 Å². The molecule has 0 bridgehead atoms. The van der Waals surface area contributed by atoms with Crippen LogP contribution in [-0.2, 0) is 13.0 Å². The maximum Gasteiger partial charge on any atom is 0.256 e. The molecule has 1 aliphatic rings. The number of hydrogen-bond donors (Lipinski definition) is 2. The summed E-state index contributed by atoms with van der Waals surface area (Å²) in [5.74, 6) is -0.0255. The van der Waals surface area contributed by atoms with Crippen LogP contribution >= 0.6 is 23.7 Å². The fourth-order valence-electron chi connectivity index (χ4n) is 2.35. The molecular weight excluding hydrogens is 292 g/mol. The first kappa shape index (κ1) is 15.0. The third-order valence-corrected chi connectivity index (χ3v) is 4.31. The van der Waals surface area contributed by atoms with Gasteiger partial charge in [0, 0.05) is 17.6 Å². The smallest absolute Gasteiger partial charge is 0.256 e. The van der Waals surface area contributed by atoms with E-state index in [-0.39, 0.29) is 18.3 Å². The second kappa shape index (κ2) is 6.39. The lowest BCUT2D eigenvalue weighted by Gasteiger charge is -2.18. The maximum absolute atomic E-state index is 12.1. The van der Waals surface area contributed by atoms with E-state index < -0.39 is 0 Å². The van der Waals surface area contributed by atoms with Crippen molar-refractivity contribution < 1.29 is 4.79 Å². The number of fused-ring (bicyclic) bond motifs is 1. The molecule has 106 valence electrons. The number of carbonyl (C=O) groups excluding carboxylic acids is 1. The number of hydrogen-bond acceptors (Lipinski definition) is 3. The minimum atomic E-state index is -0.0255. The van der Waals surface area contributed by atoms with Crippen LogP contribution in [0.1, 0.15) is 27.0 Å². The number of thiophene rings is 1. The lowest BCUT2D eigenvalue weighted by Crippen LogP contribution is -2.23. The van der Waals surface area contributed by atoms with Crippen molar-refractivity contribution in [2.24, 2.45) is 0 Å². The number of rotatable bonds is 2. The zero-order chi connectivity index (χ0) is 13.2. The van der Waals surface area contributed by atoms with E-state index in [0.717, 1.165) is 36.3 Å². The average Bonchev–Trinajstić information content (AvgIpc) is 2.85. The Balaban J connectivity index is 0.00000147. The number of carbonyl (C=O) groups is 1. The van der Waals surface area contributed by atoms with Crippen LogP contribution in [0.2, 0.25) is 0 Å². The van der Waals surface area contributed by atoms with Gasteiger partial charge >= 0.3 is 0 Å². The van der Waals surface area contributed by atoms with Gasteiger partial charge in [-0.15, -0.1) is 12.4 Å². The summed E-state index contributed by atoms with van der Waals surface area (Å²) >= 11 is 1.56. The molecule has 1 amide bonds. The van der Waals surface area contributed by atoms with Crippen molar-refractivity contribution >= 4 is 35.3 Å². The van der Waals surface area contributed by atoms with Crippen LogP contribution in [0.5, 0.6) is 0 Å².